The molecule has 1 aromatic heterocycles. The number of nitrogens with zero attached hydrogens (tertiary/aromatic N) is 1. The molecule has 0 fully saturated rings. The van der Waals surface area contributed by atoms with Gasteiger partial charge in [0.25, 0.3) is 5.91 Å². The van der Waals surface area contributed by atoms with E-state index in [0.29, 0.717) is 17.5 Å². The Balaban J connectivity index is 1.99. The van der Waals surface area contributed by atoms with Gasteiger partial charge in [0.1, 0.15) is 6.26 Å². The van der Waals surface area contributed by atoms with E-state index in [1.54, 1.807) is 0 Å². The van der Waals surface area contributed by atoms with E-state index < -0.39 is 0 Å². The van der Waals surface area contributed by atoms with Crippen molar-refractivity contribution in [3.05, 3.63) is 52.2 Å². The van der Waals surface area contributed by atoms with E-state index in [1.165, 1.54) is 6.26 Å². The van der Waals surface area contributed by atoms with Crippen LogP contribution < -0.4 is 11.1 Å². The molecule has 118 valence electrons. The first-order chi connectivity index (χ1) is 10.4. The second kappa shape index (κ2) is 6.94. The highest BCUT2D eigenvalue weighted by molar-refractivity contribution is 6.31. The predicted octanol–water partition coefficient (Wildman–Crippen LogP) is 3.22. The lowest BCUT2D eigenvalue weighted by atomic mass is 10.1. The standard InChI is InChI=1S/C16H20ClN3O2/c1-9(2)14(18)16-20-13(8-22-16)15(21)19-7-11-5-4-10(3)12(17)6-11/h4-6,8-9,14H,7,18H2,1-3H3,(H,19,21)/t14-/m0/s1. The molecule has 2 aromatic rings. The monoisotopic (exact) mass is 321 g/mol. The van der Waals surface area contributed by atoms with E-state index in [1.807, 2.05) is 39.0 Å². The van der Waals surface area contributed by atoms with Gasteiger partial charge in [0.05, 0.1) is 6.04 Å². The number of aromatic nitrogens is 1. The number of benzene rings is 1. The smallest absolute Gasteiger partial charge is 0.273 e. The highest BCUT2D eigenvalue weighted by Crippen LogP contribution is 2.18. The van der Waals surface area contributed by atoms with Crippen molar-refractivity contribution < 1.29 is 9.21 Å². The summed E-state index contributed by atoms with van der Waals surface area (Å²) in [6.45, 7) is 6.24. The molecule has 1 aromatic carbocycles. The number of amides is 1. The van der Waals surface area contributed by atoms with Gasteiger partial charge in [0.2, 0.25) is 5.89 Å². The van der Waals surface area contributed by atoms with E-state index in [0.717, 1.165) is 11.1 Å². The van der Waals surface area contributed by atoms with Gasteiger partial charge in [-0.3, -0.25) is 4.79 Å². The summed E-state index contributed by atoms with van der Waals surface area (Å²) < 4.78 is 5.28. The van der Waals surface area contributed by atoms with Crippen LogP contribution in [0.25, 0.3) is 0 Å². The highest BCUT2D eigenvalue weighted by atomic mass is 35.5. The van der Waals surface area contributed by atoms with E-state index in [9.17, 15) is 4.79 Å². The zero-order valence-corrected chi connectivity index (χ0v) is 13.6. The third-order valence-electron chi connectivity index (χ3n) is 3.45. The first kappa shape index (κ1) is 16.5. The Hall–Kier alpha value is -1.85. The van der Waals surface area contributed by atoms with Gasteiger partial charge in [-0.1, -0.05) is 37.6 Å². The molecule has 0 bridgehead atoms. The number of carbonyl (C=O) groups excluding carboxylic acids is 1. The molecular formula is C16H20ClN3O2. The zero-order chi connectivity index (χ0) is 16.3. The van der Waals surface area contributed by atoms with Crippen LogP contribution in [-0.4, -0.2) is 10.9 Å². The molecule has 6 heteroatoms. The maximum Gasteiger partial charge on any atom is 0.273 e. The maximum absolute atomic E-state index is 12.1. The summed E-state index contributed by atoms with van der Waals surface area (Å²) in [6.07, 6.45) is 1.33. The van der Waals surface area contributed by atoms with E-state index >= 15 is 0 Å². The fourth-order valence-corrected chi connectivity index (χ4v) is 2.05. The molecule has 0 spiro atoms. The van der Waals surface area contributed by atoms with Crippen LogP contribution in [0.4, 0.5) is 0 Å². The summed E-state index contributed by atoms with van der Waals surface area (Å²) in [5.41, 5.74) is 8.09. The van der Waals surface area contributed by atoms with Crippen LogP contribution in [0.5, 0.6) is 0 Å². The molecule has 0 saturated heterocycles. The van der Waals surface area contributed by atoms with Crippen molar-refractivity contribution in [2.45, 2.75) is 33.4 Å². The number of halogens is 1. The SMILES string of the molecule is Cc1ccc(CNC(=O)c2coc([C@@H](N)C(C)C)n2)cc1Cl. The zero-order valence-electron chi connectivity index (χ0n) is 12.9. The highest BCUT2D eigenvalue weighted by Gasteiger charge is 2.19. The number of hydrogen-bond acceptors (Lipinski definition) is 4. The Kier molecular flexibility index (Phi) is 5.21. The first-order valence-corrected chi connectivity index (χ1v) is 7.50. The Bertz CT molecular complexity index is 667. The van der Waals surface area contributed by atoms with E-state index in [2.05, 4.69) is 10.3 Å². The van der Waals surface area contributed by atoms with Crippen LogP contribution >= 0.6 is 11.6 Å². The summed E-state index contributed by atoms with van der Waals surface area (Å²) in [7, 11) is 0. The molecule has 1 amide bonds. The van der Waals surface area contributed by atoms with Crippen molar-refractivity contribution in [3.63, 3.8) is 0 Å². The van der Waals surface area contributed by atoms with Crippen LogP contribution in [0.2, 0.25) is 5.02 Å². The average molecular weight is 322 g/mol. The van der Waals surface area contributed by atoms with Gasteiger partial charge in [-0.05, 0) is 30.0 Å². The molecule has 5 nitrogen and oxygen atoms in total. The number of rotatable bonds is 5. The van der Waals surface area contributed by atoms with Crippen molar-refractivity contribution >= 4 is 17.5 Å². The average Bonchev–Trinajstić information content (AvgIpc) is 2.97. The van der Waals surface area contributed by atoms with Crippen molar-refractivity contribution in [3.8, 4) is 0 Å². The molecule has 0 aliphatic rings. The maximum atomic E-state index is 12.1. The molecule has 22 heavy (non-hydrogen) atoms. The molecule has 1 atom stereocenters. The lowest BCUT2D eigenvalue weighted by molar-refractivity contribution is 0.0946. The Labute approximate surface area is 134 Å². The third kappa shape index (κ3) is 3.87. The quantitative estimate of drug-likeness (QED) is 0.886. The largest absolute Gasteiger partial charge is 0.446 e. The Morgan fingerprint density at radius 3 is 2.82 bits per heavy atom. The number of nitrogens with two attached hydrogens (primary N) is 1. The van der Waals surface area contributed by atoms with Crippen LogP contribution in [0.1, 0.15) is 47.4 Å². The molecule has 0 radical (unpaired) electrons. The fraction of sp³-hybridized carbons (Fsp3) is 0.375. The number of oxazole rings is 1. The van der Waals surface area contributed by atoms with Gasteiger partial charge >= 0.3 is 0 Å². The minimum atomic E-state index is -0.322. The number of aryl methyl sites for hydroxylation is 1. The van der Waals surface area contributed by atoms with Crippen molar-refractivity contribution in [2.75, 3.05) is 0 Å². The van der Waals surface area contributed by atoms with Gasteiger partial charge in [-0.2, -0.15) is 0 Å². The van der Waals surface area contributed by atoms with Crippen molar-refractivity contribution in [1.29, 1.82) is 0 Å². The Morgan fingerprint density at radius 1 is 1.45 bits per heavy atom. The second-order valence-corrected chi connectivity index (χ2v) is 6.01. The fourth-order valence-electron chi connectivity index (χ4n) is 1.85. The number of hydrogen-bond donors (Lipinski definition) is 2. The number of carbonyl (C=O) groups is 1. The summed E-state index contributed by atoms with van der Waals surface area (Å²) in [6, 6.07) is 5.35. The summed E-state index contributed by atoms with van der Waals surface area (Å²) in [4.78, 5) is 16.2. The molecule has 0 aliphatic heterocycles. The van der Waals surface area contributed by atoms with Crippen molar-refractivity contribution in [1.82, 2.24) is 10.3 Å². The molecule has 3 N–H and O–H groups in total. The van der Waals surface area contributed by atoms with Gasteiger partial charge < -0.3 is 15.5 Å². The summed E-state index contributed by atoms with van der Waals surface area (Å²) >= 11 is 6.06. The normalized spacial score (nSPS) is 12.5. The Morgan fingerprint density at radius 2 is 2.18 bits per heavy atom. The van der Waals surface area contributed by atoms with Gasteiger partial charge in [-0.15, -0.1) is 0 Å². The molecular weight excluding hydrogens is 302 g/mol. The molecule has 0 unspecified atom stereocenters. The first-order valence-electron chi connectivity index (χ1n) is 7.12. The topological polar surface area (TPSA) is 81.2 Å². The lowest BCUT2D eigenvalue weighted by Gasteiger charge is -2.10. The van der Waals surface area contributed by atoms with Crippen LogP contribution in [0.15, 0.2) is 28.9 Å². The molecule has 0 aliphatic carbocycles. The minimum absolute atomic E-state index is 0.185. The second-order valence-electron chi connectivity index (χ2n) is 5.61. The van der Waals surface area contributed by atoms with Gasteiger partial charge in [0.15, 0.2) is 5.69 Å². The number of nitrogens with one attached hydrogen (secondary N) is 1. The molecule has 2 rings (SSSR count). The lowest BCUT2D eigenvalue weighted by Crippen LogP contribution is -2.23. The van der Waals surface area contributed by atoms with Crippen molar-refractivity contribution in [2.24, 2.45) is 11.7 Å². The van der Waals surface area contributed by atoms with Gasteiger partial charge in [-0.25, -0.2) is 4.98 Å². The van der Waals surface area contributed by atoms with E-state index in [4.69, 9.17) is 21.8 Å². The van der Waals surface area contributed by atoms with Crippen LogP contribution in [0, 0.1) is 12.8 Å². The van der Waals surface area contributed by atoms with E-state index in [-0.39, 0.29) is 23.6 Å². The predicted molar refractivity (Wildman–Crippen MR) is 85.6 cm³/mol. The molecule has 1 heterocycles. The van der Waals surface area contributed by atoms with Gasteiger partial charge in [0, 0.05) is 11.6 Å². The third-order valence-corrected chi connectivity index (χ3v) is 3.85. The van der Waals surface area contributed by atoms with Crippen LogP contribution in [0.3, 0.4) is 0 Å². The minimum Gasteiger partial charge on any atom is -0.446 e. The summed E-state index contributed by atoms with van der Waals surface area (Å²) in [5.74, 6) is 0.255. The summed E-state index contributed by atoms with van der Waals surface area (Å²) in [5, 5.41) is 3.46. The molecule has 0 saturated carbocycles. The van der Waals surface area contributed by atoms with Crippen LogP contribution in [-0.2, 0) is 6.54 Å².